The molecule has 0 heterocycles. The largest absolute Gasteiger partial charge is 0.352 e. The molecule has 2 atom stereocenters. The van der Waals surface area contributed by atoms with Gasteiger partial charge in [0.15, 0.2) is 0 Å². The summed E-state index contributed by atoms with van der Waals surface area (Å²) in [7, 11) is 0. The van der Waals surface area contributed by atoms with Crippen LogP contribution in [-0.2, 0) is 4.79 Å². The van der Waals surface area contributed by atoms with Crippen molar-refractivity contribution in [2.75, 3.05) is 0 Å². The number of nitrogens with two attached hydrogens (primary N) is 1. The average Bonchev–Trinajstić information content (AvgIpc) is 2.02. The van der Waals surface area contributed by atoms with Gasteiger partial charge in [-0.15, -0.1) is 0 Å². The van der Waals surface area contributed by atoms with Crippen LogP contribution < -0.4 is 11.1 Å². The second kappa shape index (κ2) is 5.14. The van der Waals surface area contributed by atoms with Gasteiger partial charge in [0.25, 0.3) is 0 Å². The Morgan fingerprint density at radius 3 is 2.25 bits per heavy atom. The van der Waals surface area contributed by atoms with Gasteiger partial charge in [-0.05, 0) is 19.3 Å². The predicted molar refractivity (Wildman–Crippen MR) is 50.7 cm³/mol. The summed E-state index contributed by atoms with van der Waals surface area (Å²) in [6, 6.07) is -0.152. The first kappa shape index (κ1) is 11.4. The molecule has 0 bridgehead atoms. The topological polar surface area (TPSA) is 55.1 Å². The van der Waals surface area contributed by atoms with Crippen LogP contribution in [-0.4, -0.2) is 18.0 Å². The van der Waals surface area contributed by atoms with E-state index in [9.17, 15) is 4.79 Å². The van der Waals surface area contributed by atoms with E-state index in [1.165, 1.54) is 0 Å². The van der Waals surface area contributed by atoms with Gasteiger partial charge in [-0.1, -0.05) is 20.8 Å². The van der Waals surface area contributed by atoms with E-state index in [1.54, 1.807) is 0 Å². The van der Waals surface area contributed by atoms with E-state index in [0.717, 1.165) is 6.42 Å². The highest BCUT2D eigenvalue weighted by Gasteiger charge is 2.17. The zero-order chi connectivity index (χ0) is 9.72. The molecule has 72 valence electrons. The fourth-order valence-electron chi connectivity index (χ4n) is 0.744. The minimum Gasteiger partial charge on any atom is -0.352 e. The highest BCUT2D eigenvalue weighted by atomic mass is 16.2. The fourth-order valence-corrected chi connectivity index (χ4v) is 0.744. The Morgan fingerprint density at radius 2 is 1.92 bits per heavy atom. The first-order valence-corrected chi connectivity index (χ1v) is 4.55. The molecular formula is C9H20N2O. The molecule has 0 aliphatic rings. The number of nitrogens with one attached hydrogen (secondary N) is 1. The molecule has 0 saturated heterocycles. The highest BCUT2D eigenvalue weighted by molar-refractivity contribution is 5.81. The molecule has 0 radical (unpaired) electrons. The standard InChI is InChI=1S/C9H20N2O/c1-5-7(4)11-9(12)8(10)6(2)3/h6-8H,5,10H2,1-4H3,(H,11,12)/t7?,8-/m1/s1. The Morgan fingerprint density at radius 1 is 1.42 bits per heavy atom. The van der Waals surface area contributed by atoms with Gasteiger partial charge in [0, 0.05) is 6.04 Å². The second-order valence-electron chi connectivity index (χ2n) is 3.59. The van der Waals surface area contributed by atoms with Gasteiger partial charge in [0.05, 0.1) is 6.04 Å². The Kier molecular flexibility index (Phi) is 4.90. The normalized spacial score (nSPS) is 15.8. The Labute approximate surface area is 74.7 Å². The summed E-state index contributed by atoms with van der Waals surface area (Å²) in [4.78, 5) is 11.3. The molecule has 1 unspecified atom stereocenters. The fraction of sp³-hybridized carbons (Fsp3) is 0.889. The van der Waals surface area contributed by atoms with Gasteiger partial charge in [0.1, 0.15) is 0 Å². The van der Waals surface area contributed by atoms with Gasteiger partial charge in [-0.25, -0.2) is 0 Å². The van der Waals surface area contributed by atoms with E-state index >= 15 is 0 Å². The van der Waals surface area contributed by atoms with Crippen LogP contribution in [0.1, 0.15) is 34.1 Å². The van der Waals surface area contributed by atoms with Crippen LogP contribution in [0.4, 0.5) is 0 Å². The molecule has 0 saturated carbocycles. The summed E-state index contributed by atoms with van der Waals surface area (Å²) in [5, 5.41) is 2.85. The maximum Gasteiger partial charge on any atom is 0.237 e. The van der Waals surface area contributed by atoms with E-state index in [1.807, 2.05) is 27.7 Å². The molecule has 0 aliphatic heterocycles. The van der Waals surface area contributed by atoms with E-state index in [4.69, 9.17) is 5.73 Å². The summed E-state index contributed by atoms with van der Waals surface area (Å²) < 4.78 is 0. The Balaban J connectivity index is 3.87. The molecule has 0 aromatic rings. The summed E-state index contributed by atoms with van der Waals surface area (Å²) in [6.07, 6.45) is 0.941. The minimum atomic E-state index is -0.376. The number of hydrogen-bond donors (Lipinski definition) is 2. The van der Waals surface area contributed by atoms with Gasteiger partial charge in [-0.3, -0.25) is 4.79 Å². The van der Waals surface area contributed by atoms with Crippen LogP contribution in [0.3, 0.4) is 0 Å². The molecule has 0 fully saturated rings. The maximum atomic E-state index is 11.3. The van der Waals surface area contributed by atoms with E-state index < -0.39 is 0 Å². The average molecular weight is 172 g/mol. The SMILES string of the molecule is CCC(C)NC(=O)[C@H](N)C(C)C. The third-order valence-electron chi connectivity index (χ3n) is 2.02. The van der Waals surface area contributed by atoms with Crippen molar-refractivity contribution in [2.24, 2.45) is 11.7 Å². The smallest absolute Gasteiger partial charge is 0.237 e. The number of carbonyl (C=O) groups is 1. The molecule has 0 aromatic heterocycles. The zero-order valence-corrected chi connectivity index (χ0v) is 8.42. The third kappa shape index (κ3) is 3.72. The molecule has 3 N–H and O–H groups in total. The minimum absolute atomic E-state index is 0.0423. The molecule has 1 amide bonds. The first-order chi connectivity index (χ1) is 5.49. The van der Waals surface area contributed by atoms with E-state index in [-0.39, 0.29) is 23.9 Å². The number of carbonyl (C=O) groups excluding carboxylic acids is 1. The number of rotatable bonds is 4. The lowest BCUT2D eigenvalue weighted by Gasteiger charge is -2.18. The summed E-state index contributed by atoms with van der Waals surface area (Å²) >= 11 is 0. The van der Waals surface area contributed by atoms with Crippen molar-refractivity contribution in [3.8, 4) is 0 Å². The van der Waals surface area contributed by atoms with Gasteiger partial charge in [-0.2, -0.15) is 0 Å². The molecule has 3 heteroatoms. The molecule has 0 rings (SSSR count). The summed E-state index contributed by atoms with van der Waals surface area (Å²) in [5.74, 6) is 0.161. The lowest BCUT2D eigenvalue weighted by Crippen LogP contribution is -2.46. The van der Waals surface area contributed by atoms with Crippen LogP contribution >= 0.6 is 0 Å². The van der Waals surface area contributed by atoms with Gasteiger partial charge < -0.3 is 11.1 Å². The molecule has 3 nitrogen and oxygen atoms in total. The van der Waals surface area contributed by atoms with Crippen LogP contribution in [0.15, 0.2) is 0 Å². The van der Waals surface area contributed by atoms with Crippen molar-refractivity contribution in [2.45, 2.75) is 46.2 Å². The summed E-state index contributed by atoms with van der Waals surface area (Å²) in [6.45, 7) is 7.90. The monoisotopic (exact) mass is 172 g/mol. The lowest BCUT2D eigenvalue weighted by molar-refractivity contribution is -0.123. The predicted octanol–water partition coefficient (Wildman–Crippen LogP) is 0.884. The maximum absolute atomic E-state index is 11.3. The van der Waals surface area contributed by atoms with Crippen LogP contribution in [0.2, 0.25) is 0 Å². The molecule has 12 heavy (non-hydrogen) atoms. The number of amides is 1. The molecule has 0 aromatic carbocycles. The van der Waals surface area contributed by atoms with Crippen LogP contribution in [0, 0.1) is 5.92 Å². The van der Waals surface area contributed by atoms with Gasteiger partial charge >= 0.3 is 0 Å². The zero-order valence-electron chi connectivity index (χ0n) is 8.42. The third-order valence-corrected chi connectivity index (χ3v) is 2.02. The molecule has 0 spiro atoms. The molecule has 0 aliphatic carbocycles. The van der Waals surface area contributed by atoms with E-state index in [2.05, 4.69) is 5.32 Å². The first-order valence-electron chi connectivity index (χ1n) is 4.55. The van der Waals surface area contributed by atoms with Crippen molar-refractivity contribution in [1.29, 1.82) is 0 Å². The molecular weight excluding hydrogens is 152 g/mol. The van der Waals surface area contributed by atoms with Crippen molar-refractivity contribution in [1.82, 2.24) is 5.32 Å². The van der Waals surface area contributed by atoms with E-state index in [0.29, 0.717) is 0 Å². The van der Waals surface area contributed by atoms with Crippen molar-refractivity contribution < 1.29 is 4.79 Å². The number of hydrogen-bond acceptors (Lipinski definition) is 2. The Hall–Kier alpha value is -0.570. The van der Waals surface area contributed by atoms with Crippen molar-refractivity contribution in [3.63, 3.8) is 0 Å². The second-order valence-corrected chi connectivity index (χ2v) is 3.59. The lowest BCUT2D eigenvalue weighted by atomic mass is 10.0. The quantitative estimate of drug-likeness (QED) is 0.661. The van der Waals surface area contributed by atoms with Crippen molar-refractivity contribution >= 4 is 5.91 Å². The van der Waals surface area contributed by atoms with Crippen molar-refractivity contribution in [3.05, 3.63) is 0 Å². The van der Waals surface area contributed by atoms with Crippen LogP contribution in [0.5, 0.6) is 0 Å². The summed E-state index contributed by atoms with van der Waals surface area (Å²) in [5.41, 5.74) is 5.65. The Bertz CT molecular complexity index is 145. The van der Waals surface area contributed by atoms with Gasteiger partial charge in [0.2, 0.25) is 5.91 Å². The highest BCUT2D eigenvalue weighted by Crippen LogP contribution is 1.99. The van der Waals surface area contributed by atoms with Crippen LogP contribution in [0.25, 0.3) is 0 Å².